The van der Waals surface area contributed by atoms with Gasteiger partial charge in [0.2, 0.25) is 0 Å². The summed E-state index contributed by atoms with van der Waals surface area (Å²) >= 11 is 0. The second-order valence-corrected chi connectivity index (χ2v) is 17.5. The van der Waals surface area contributed by atoms with Crippen molar-refractivity contribution < 1.29 is 48.7 Å². The van der Waals surface area contributed by atoms with Crippen molar-refractivity contribution in [1.82, 2.24) is 0 Å². The fourth-order valence-electron chi connectivity index (χ4n) is 10.6. The molecular weight excluding hydrogens is 778 g/mol. The average Bonchev–Trinajstić information content (AvgIpc) is 3.30. The maximum atomic E-state index is 7.10. The maximum Gasteiger partial charge on any atom is 0.652 e. The number of rotatable bonds is 0. The van der Waals surface area contributed by atoms with E-state index < -0.39 is 13.9 Å². The number of fused-ring (bicyclic) bond motifs is 10. The average molecular weight is 823 g/mol. The van der Waals surface area contributed by atoms with Gasteiger partial charge in [-0.15, -0.1) is 0 Å². The van der Waals surface area contributed by atoms with Gasteiger partial charge in [0.1, 0.15) is 12.1 Å². The summed E-state index contributed by atoms with van der Waals surface area (Å²) in [5, 5.41) is 8.10. The molecule has 0 unspecified atom stereocenters. The molecule has 0 amide bonds. The quantitative estimate of drug-likeness (QED) is 0.146. The Labute approximate surface area is 357 Å². The van der Waals surface area contributed by atoms with Gasteiger partial charge < -0.3 is 48.7 Å². The third kappa shape index (κ3) is 5.54. The van der Waals surface area contributed by atoms with Crippen molar-refractivity contribution >= 4 is 57.0 Å². The van der Waals surface area contributed by atoms with Gasteiger partial charge in [0.15, 0.2) is 0 Å². The number of hydrogen-bond donors (Lipinski definition) is 2. The minimum Gasteiger partial charge on any atom is -0.634 e. The predicted octanol–water partition coefficient (Wildman–Crippen LogP) is 8.64. The summed E-state index contributed by atoms with van der Waals surface area (Å²) in [5.74, 6) is 2.49. The van der Waals surface area contributed by atoms with Crippen LogP contribution in [0.1, 0.15) is 47.9 Å². The van der Waals surface area contributed by atoms with Gasteiger partial charge in [-0.25, -0.2) is 0 Å². The molecule has 12 heteroatoms. The van der Waals surface area contributed by atoms with Crippen LogP contribution in [0.2, 0.25) is 0 Å². The smallest absolute Gasteiger partial charge is 0.634 e. The van der Waals surface area contributed by atoms with Crippen molar-refractivity contribution in [3.8, 4) is 45.3 Å². The molecule has 0 saturated heterocycles. The summed E-state index contributed by atoms with van der Waals surface area (Å²) < 4.78 is 54.8. The first-order valence-electron chi connectivity index (χ1n) is 21.9. The van der Waals surface area contributed by atoms with E-state index in [4.69, 9.17) is 37.2 Å². The van der Waals surface area contributed by atoms with Crippen LogP contribution in [-0.2, 0) is 45.0 Å². The van der Waals surface area contributed by atoms with Crippen molar-refractivity contribution in [3.05, 3.63) is 144 Å². The molecule has 5 heterocycles. The molecule has 8 aromatic carbocycles. The zero-order chi connectivity index (χ0) is 41.2. The van der Waals surface area contributed by atoms with Crippen molar-refractivity contribution in [2.45, 2.75) is 64.2 Å². The lowest BCUT2D eigenvalue weighted by Crippen LogP contribution is -2.80. The topological polar surface area (TPSA) is 129 Å². The molecule has 1 saturated carbocycles. The highest BCUT2D eigenvalue weighted by molar-refractivity contribution is 6.57. The maximum absolute atomic E-state index is 7.10. The van der Waals surface area contributed by atoms with Crippen LogP contribution in [0.5, 0.6) is 23.0 Å². The Bertz CT molecular complexity index is 2780. The predicted molar refractivity (Wildman–Crippen MR) is 239 cm³/mol. The molecular formula is C50H44B2N2O8. The van der Waals surface area contributed by atoms with Gasteiger partial charge in [-0.05, 0) is 80.2 Å². The fraction of sp³-hybridized carbons (Fsp3) is 0.200. The zero-order valence-corrected chi connectivity index (χ0v) is 34.2. The summed E-state index contributed by atoms with van der Waals surface area (Å²) in [5.41, 5.74) is 14.9. The van der Waals surface area contributed by atoms with Gasteiger partial charge in [0.05, 0.1) is 23.0 Å². The Hall–Kier alpha value is -6.11. The van der Waals surface area contributed by atoms with Crippen LogP contribution >= 0.6 is 0 Å². The van der Waals surface area contributed by atoms with Crippen LogP contribution in [0.3, 0.4) is 0 Å². The minimum atomic E-state index is -2.79. The molecule has 0 aromatic heterocycles. The largest absolute Gasteiger partial charge is 0.652 e. The summed E-state index contributed by atoms with van der Waals surface area (Å²) in [6.45, 7) is -4.71. The van der Waals surface area contributed by atoms with E-state index in [1.165, 1.54) is 25.7 Å². The van der Waals surface area contributed by atoms with Crippen LogP contribution in [-0.4, -0.2) is 26.0 Å². The molecule has 1 aliphatic carbocycles. The zero-order valence-electron chi connectivity index (χ0n) is 34.2. The van der Waals surface area contributed by atoms with Crippen LogP contribution < -0.4 is 30.1 Å². The van der Waals surface area contributed by atoms with Crippen molar-refractivity contribution in [2.24, 2.45) is 0 Å². The van der Waals surface area contributed by atoms with Gasteiger partial charge in [-0.2, -0.15) is 0 Å². The molecule has 6 N–H and O–H groups in total. The third-order valence-corrected chi connectivity index (χ3v) is 13.7. The molecule has 14 rings (SSSR count). The standard InChI is InChI=1S/C44H28B2O8.C6H14N2/c1-5-13-33-25(9-1)17-29-21-47-45-48-23-31-19-27-11-3-7-15-35(27)39(43(31)53-45)40-36-16-8-4-12-28(36)20-32-24-50-46(54-44(32)40)49-22-30-18-26-10-2-6-14-34(26)38(42(30)52-46)37(33)41(29)51-45;7-5-3-1-2-4-6(5)8/h1-20H,21-24H2;5-6H,1-4,7-8H2/q-2;/p+2/t;5-,6-/m.1/s1. The van der Waals surface area contributed by atoms with Crippen LogP contribution in [0.15, 0.2) is 121 Å². The Kier molecular flexibility index (Phi) is 8.07. The summed E-state index contributed by atoms with van der Waals surface area (Å²) in [4.78, 5) is 0. The summed E-state index contributed by atoms with van der Waals surface area (Å²) in [6, 6.07) is 43.0. The number of hydrogen-bond acceptors (Lipinski definition) is 8. The monoisotopic (exact) mass is 822 g/mol. The molecule has 2 spiro atoms. The lowest BCUT2D eigenvalue weighted by atomic mass is 9.83. The number of quaternary nitrogens is 2. The normalized spacial score (nSPS) is 20.7. The van der Waals surface area contributed by atoms with E-state index in [9.17, 15) is 0 Å². The van der Waals surface area contributed by atoms with Crippen LogP contribution in [0.25, 0.3) is 65.3 Å². The molecule has 6 bridgehead atoms. The molecule has 1 fully saturated rings. The molecule has 5 aliphatic heterocycles. The highest BCUT2D eigenvalue weighted by Gasteiger charge is 2.49. The van der Waals surface area contributed by atoms with Crippen molar-refractivity contribution in [2.75, 3.05) is 0 Å². The minimum absolute atomic E-state index is 0.214. The number of benzene rings is 8. The van der Waals surface area contributed by atoms with Gasteiger partial charge in [-0.3, -0.25) is 0 Å². The second-order valence-electron chi connectivity index (χ2n) is 17.5. The summed E-state index contributed by atoms with van der Waals surface area (Å²) in [6.07, 6.45) is 5.35. The highest BCUT2D eigenvalue weighted by atomic mass is 16.9. The lowest BCUT2D eigenvalue weighted by molar-refractivity contribution is -0.534. The summed E-state index contributed by atoms with van der Waals surface area (Å²) in [7, 11) is 0. The first-order valence-corrected chi connectivity index (χ1v) is 21.9. The van der Waals surface area contributed by atoms with Gasteiger partial charge in [0.25, 0.3) is 0 Å². The van der Waals surface area contributed by atoms with E-state index in [1.807, 2.05) is 48.5 Å². The molecule has 6 aliphatic rings. The van der Waals surface area contributed by atoms with Gasteiger partial charge in [-0.1, -0.05) is 97.1 Å². The van der Waals surface area contributed by atoms with E-state index in [1.54, 1.807) is 0 Å². The fourth-order valence-corrected chi connectivity index (χ4v) is 10.6. The van der Waals surface area contributed by atoms with Crippen molar-refractivity contribution in [3.63, 3.8) is 0 Å². The highest BCUT2D eigenvalue weighted by Crippen LogP contribution is 2.56. The van der Waals surface area contributed by atoms with Crippen LogP contribution in [0.4, 0.5) is 0 Å². The Balaban J connectivity index is 0.000000444. The van der Waals surface area contributed by atoms with Crippen LogP contribution in [0, 0.1) is 0 Å². The van der Waals surface area contributed by atoms with E-state index in [0.29, 0.717) is 35.1 Å². The first kappa shape index (κ1) is 36.5. The van der Waals surface area contributed by atoms with E-state index in [0.717, 1.165) is 87.6 Å². The molecule has 308 valence electrons. The molecule has 0 radical (unpaired) electrons. The first-order chi connectivity index (χ1) is 30.4. The van der Waals surface area contributed by atoms with E-state index in [-0.39, 0.29) is 26.4 Å². The van der Waals surface area contributed by atoms with Gasteiger partial charge in [0, 0.05) is 83.8 Å². The van der Waals surface area contributed by atoms with E-state index >= 15 is 0 Å². The SMILES string of the molecule is [NH3+][C@@H]1CCCC[C@H]1[NH3+].c1ccc2c3c4c(cc2c1)CO[B-]1(OCc2cc5ccccc5c(c2O1)-c1c2c(cc5ccccc15)CO[B-]1(OCc5cc6ccccc6c-3c5O1)O2)O4. The van der Waals surface area contributed by atoms with Crippen molar-refractivity contribution in [1.29, 1.82) is 0 Å². The Morgan fingerprint density at radius 1 is 0.371 bits per heavy atom. The lowest BCUT2D eigenvalue weighted by Gasteiger charge is -2.51. The van der Waals surface area contributed by atoms with E-state index in [2.05, 4.69) is 84.3 Å². The molecule has 10 nitrogen and oxygen atoms in total. The Morgan fingerprint density at radius 3 is 0.887 bits per heavy atom. The van der Waals surface area contributed by atoms with Gasteiger partial charge >= 0.3 is 13.9 Å². The molecule has 8 aromatic rings. The Morgan fingerprint density at radius 2 is 0.629 bits per heavy atom. The second kappa shape index (κ2) is 13.7. The molecule has 62 heavy (non-hydrogen) atoms. The third-order valence-electron chi connectivity index (χ3n) is 13.7. The molecule has 2 atom stereocenters.